The predicted molar refractivity (Wildman–Crippen MR) is 115 cm³/mol. The largest absolute Gasteiger partial charge is 0.391 e. The summed E-state index contributed by atoms with van der Waals surface area (Å²) < 4.78 is 27.3. The predicted octanol–water partition coefficient (Wildman–Crippen LogP) is 2.15. The Kier molecular flexibility index (Phi) is 8.01. The van der Waals surface area contributed by atoms with E-state index >= 15 is 0 Å². The number of aliphatic hydroxyl groups excluding tert-OH is 1. The molecule has 2 rings (SSSR count). The summed E-state index contributed by atoms with van der Waals surface area (Å²) in [5, 5.41) is 15.3. The van der Waals surface area contributed by atoms with Crippen molar-refractivity contribution in [1.29, 1.82) is 0 Å². The van der Waals surface area contributed by atoms with Gasteiger partial charge in [0.05, 0.1) is 11.0 Å². The van der Waals surface area contributed by atoms with Gasteiger partial charge in [0.15, 0.2) is 0 Å². The van der Waals surface area contributed by atoms with Gasteiger partial charge in [-0.25, -0.2) is 13.1 Å². The molecule has 1 saturated carbocycles. The van der Waals surface area contributed by atoms with Crippen LogP contribution in [0.15, 0.2) is 29.2 Å². The smallest absolute Gasteiger partial charge is 0.249 e. The van der Waals surface area contributed by atoms with Crippen molar-refractivity contribution in [3.05, 3.63) is 24.3 Å². The fourth-order valence-corrected chi connectivity index (χ4v) is 4.86. The Morgan fingerprint density at radius 2 is 1.63 bits per heavy atom. The minimum absolute atomic E-state index is 0.0769. The molecule has 4 N–H and O–H groups in total. The molecule has 1 unspecified atom stereocenters. The van der Waals surface area contributed by atoms with Crippen molar-refractivity contribution in [3.8, 4) is 0 Å². The molecule has 1 aromatic carbocycles. The Hall–Kier alpha value is -1.97. The van der Waals surface area contributed by atoms with Crippen LogP contribution in [0.3, 0.4) is 0 Å². The first-order chi connectivity index (χ1) is 13.9. The number of nitrogens with one attached hydrogen (secondary N) is 3. The summed E-state index contributed by atoms with van der Waals surface area (Å²) in [6.45, 7) is 6.68. The zero-order chi connectivity index (χ0) is 22.5. The van der Waals surface area contributed by atoms with Crippen molar-refractivity contribution in [1.82, 2.24) is 10.0 Å². The van der Waals surface area contributed by atoms with Crippen molar-refractivity contribution >= 4 is 27.5 Å². The maximum absolute atomic E-state index is 12.6. The van der Waals surface area contributed by atoms with Crippen LogP contribution in [0.25, 0.3) is 0 Å². The van der Waals surface area contributed by atoms with Gasteiger partial charge < -0.3 is 15.7 Å². The molecule has 1 aliphatic carbocycles. The van der Waals surface area contributed by atoms with Crippen molar-refractivity contribution < 1.29 is 23.1 Å². The topological polar surface area (TPSA) is 125 Å². The van der Waals surface area contributed by atoms with Gasteiger partial charge in [-0.05, 0) is 64.8 Å². The van der Waals surface area contributed by atoms with Crippen LogP contribution in [0.1, 0.15) is 59.8 Å². The number of benzene rings is 1. The molecule has 168 valence electrons. The molecule has 8 nitrogen and oxygen atoms in total. The van der Waals surface area contributed by atoms with Gasteiger partial charge in [-0.2, -0.15) is 0 Å². The lowest BCUT2D eigenvalue weighted by molar-refractivity contribution is -0.131. The van der Waals surface area contributed by atoms with Crippen LogP contribution < -0.4 is 15.4 Å². The first-order valence-electron chi connectivity index (χ1n) is 10.3. The first kappa shape index (κ1) is 24.3. The van der Waals surface area contributed by atoms with E-state index in [0.29, 0.717) is 5.69 Å². The lowest BCUT2D eigenvalue weighted by Gasteiger charge is -2.26. The molecule has 1 aromatic rings. The molecule has 30 heavy (non-hydrogen) atoms. The molecule has 0 aliphatic heterocycles. The van der Waals surface area contributed by atoms with Gasteiger partial charge in [0, 0.05) is 17.1 Å². The second-order valence-corrected chi connectivity index (χ2v) is 10.6. The highest BCUT2D eigenvalue weighted by atomic mass is 32.2. The highest BCUT2D eigenvalue weighted by molar-refractivity contribution is 7.89. The second-order valence-electron chi connectivity index (χ2n) is 8.93. The van der Waals surface area contributed by atoms with Crippen LogP contribution >= 0.6 is 0 Å². The molecule has 2 atom stereocenters. The number of hydrogen-bond acceptors (Lipinski definition) is 5. The maximum Gasteiger partial charge on any atom is 0.249 e. The molecular weight excluding hydrogens is 406 g/mol. The summed E-state index contributed by atoms with van der Waals surface area (Å²) in [5.41, 5.74) is -0.250. The van der Waals surface area contributed by atoms with Crippen LogP contribution in [0, 0.1) is 5.92 Å². The number of anilines is 1. The van der Waals surface area contributed by atoms with E-state index in [-0.39, 0.29) is 16.7 Å². The molecule has 9 heteroatoms. The lowest BCUT2D eigenvalue weighted by atomic mass is 9.88. The molecule has 0 radical (unpaired) electrons. The highest BCUT2D eigenvalue weighted by Crippen LogP contribution is 2.24. The number of carbonyl (C=O) groups excluding carboxylic acids is 2. The van der Waals surface area contributed by atoms with E-state index in [2.05, 4.69) is 15.4 Å². The molecule has 1 aliphatic rings. The highest BCUT2D eigenvalue weighted by Gasteiger charge is 2.30. The van der Waals surface area contributed by atoms with Crippen LogP contribution in [0.4, 0.5) is 5.69 Å². The Morgan fingerprint density at radius 1 is 1.07 bits per heavy atom. The Balaban J connectivity index is 2.04. The molecule has 0 spiro atoms. The molecule has 0 bridgehead atoms. The first-order valence-corrected chi connectivity index (χ1v) is 11.8. The van der Waals surface area contributed by atoms with Crippen molar-refractivity contribution in [3.63, 3.8) is 0 Å². The number of amides is 2. The summed E-state index contributed by atoms with van der Waals surface area (Å²) in [6, 6.07) is 4.63. The SMILES string of the molecule is C[C@@H](O)C(NC(=O)C1CCCCC1)C(=O)Nc1ccc(S(=O)(=O)NC(C)(C)C)cc1. The van der Waals surface area contributed by atoms with E-state index in [9.17, 15) is 23.1 Å². The quantitative estimate of drug-likeness (QED) is 0.518. The molecular formula is C21H33N3O5S. The zero-order valence-corrected chi connectivity index (χ0v) is 18.9. The lowest BCUT2D eigenvalue weighted by Crippen LogP contribution is -2.51. The van der Waals surface area contributed by atoms with Gasteiger partial charge in [0.1, 0.15) is 6.04 Å². The molecule has 1 fully saturated rings. The zero-order valence-electron chi connectivity index (χ0n) is 18.1. The van der Waals surface area contributed by atoms with Crippen LogP contribution in [0.2, 0.25) is 0 Å². The molecule has 2 amide bonds. The summed E-state index contributed by atoms with van der Waals surface area (Å²) in [7, 11) is -3.68. The number of carbonyl (C=O) groups is 2. The minimum atomic E-state index is -3.68. The molecule has 0 saturated heterocycles. The molecule has 0 heterocycles. The summed E-state index contributed by atoms with van der Waals surface area (Å²) >= 11 is 0. The monoisotopic (exact) mass is 439 g/mol. The van der Waals surface area contributed by atoms with Crippen LogP contribution in [-0.2, 0) is 19.6 Å². The Labute approximate surface area is 178 Å². The van der Waals surface area contributed by atoms with Gasteiger partial charge >= 0.3 is 0 Å². The molecule has 0 aromatic heterocycles. The average Bonchev–Trinajstić information content (AvgIpc) is 2.64. The fraction of sp³-hybridized carbons (Fsp3) is 0.619. The number of hydrogen-bond donors (Lipinski definition) is 4. The van der Waals surface area contributed by atoms with E-state index in [1.165, 1.54) is 31.2 Å². The van der Waals surface area contributed by atoms with E-state index in [1.807, 2.05) is 0 Å². The third-order valence-corrected chi connectivity index (χ3v) is 6.69. The van der Waals surface area contributed by atoms with Crippen molar-refractivity contribution in [2.45, 2.75) is 82.4 Å². The van der Waals surface area contributed by atoms with E-state index in [0.717, 1.165) is 32.1 Å². The second kappa shape index (κ2) is 9.89. The van der Waals surface area contributed by atoms with Gasteiger partial charge in [0.2, 0.25) is 21.8 Å². The Morgan fingerprint density at radius 3 is 2.13 bits per heavy atom. The average molecular weight is 440 g/mol. The van der Waals surface area contributed by atoms with Gasteiger partial charge in [0.25, 0.3) is 0 Å². The van der Waals surface area contributed by atoms with Crippen molar-refractivity contribution in [2.24, 2.45) is 5.92 Å². The third kappa shape index (κ3) is 7.07. The number of sulfonamides is 1. The van der Waals surface area contributed by atoms with E-state index < -0.39 is 33.6 Å². The minimum Gasteiger partial charge on any atom is -0.391 e. The van der Waals surface area contributed by atoms with E-state index in [1.54, 1.807) is 20.8 Å². The fourth-order valence-electron chi connectivity index (χ4n) is 3.44. The maximum atomic E-state index is 12.6. The van der Waals surface area contributed by atoms with E-state index in [4.69, 9.17) is 0 Å². The third-order valence-electron chi connectivity index (χ3n) is 4.91. The Bertz CT molecular complexity index is 838. The van der Waals surface area contributed by atoms with Crippen LogP contribution in [0.5, 0.6) is 0 Å². The normalized spacial score (nSPS) is 17.8. The summed E-state index contributed by atoms with van der Waals surface area (Å²) in [5.74, 6) is -0.907. The number of aliphatic hydroxyl groups is 1. The standard InChI is InChI=1S/C21H33N3O5S/c1-14(25)18(23-19(26)15-8-6-5-7-9-15)20(27)22-16-10-12-17(13-11-16)30(28,29)24-21(2,3)4/h10-15,18,24-25H,5-9H2,1-4H3,(H,22,27)(H,23,26)/t14-,18?/m1/s1. The number of rotatable bonds is 7. The van der Waals surface area contributed by atoms with Gasteiger partial charge in [-0.3, -0.25) is 9.59 Å². The van der Waals surface area contributed by atoms with Gasteiger partial charge in [-0.1, -0.05) is 19.3 Å². The van der Waals surface area contributed by atoms with Crippen molar-refractivity contribution in [2.75, 3.05) is 5.32 Å². The summed E-state index contributed by atoms with van der Waals surface area (Å²) in [4.78, 5) is 25.2. The van der Waals surface area contributed by atoms with Gasteiger partial charge in [-0.15, -0.1) is 0 Å². The van der Waals surface area contributed by atoms with Crippen LogP contribution in [-0.4, -0.2) is 43.0 Å². The summed E-state index contributed by atoms with van der Waals surface area (Å²) in [6.07, 6.45) is 3.59.